The highest BCUT2D eigenvalue weighted by Gasteiger charge is 2.01. The van der Waals surface area contributed by atoms with Crippen molar-refractivity contribution >= 4 is 34.2 Å². The summed E-state index contributed by atoms with van der Waals surface area (Å²) in [6.45, 7) is 0. The first-order chi connectivity index (χ1) is 6.79. The van der Waals surface area contributed by atoms with Crippen LogP contribution in [0.2, 0.25) is 0 Å². The topological polar surface area (TPSA) is 43.6 Å². The summed E-state index contributed by atoms with van der Waals surface area (Å²) in [5, 5.41) is 4.13. The zero-order valence-electron chi connectivity index (χ0n) is 7.06. The van der Waals surface area contributed by atoms with Crippen molar-refractivity contribution in [3.8, 4) is 5.82 Å². The lowest BCUT2D eigenvalue weighted by molar-refractivity contribution is 0.828. The van der Waals surface area contributed by atoms with Crippen LogP contribution < -0.4 is 0 Å². The second-order valence-electron chi connectivity index (χ2n) is 2.61. The Kier molecular flexibility index (Phi) is 2.97. The lowest BCUT2D eigenvalue weighted by Gasteiger charge is -2.00. The van der Waals surface area contributed by atoms with E-state index in [-0.39, 0.29) is 0 Å². The summed E-state index contributed by atoms with van der Waals surface area (Å²) in [7, 11) is 0. The maximum atomic E-state index is 5.66. The van der Waals surface area contributed by atoms with Crippen LogP contribution in [0.4, 0.5) is 0 Å². The Hall–Kier alpha value is -0.690. The molecule has 2 rings (SSSR count). The van der Waals surface area contributed by atoms with E-state index >= 15 is 0 Å². The summed E-state index contributed by atoms with van der Waals surface area (Å²) in [6.07, 6.45) is 6.93. The number of aromatic nitrogens is 4. The summed E-state index contributed by atoms with van der Waals surface area (Å²) in [4.78, 5) is 8.31. The van der Waals surface area contributed by atoms with Crippen molar-refractivity contribution in [3.63, 3.8) is 0 Å². The molecule has 0 N–H and O–H groups in total. The molecular weight excluding hydrogens is 314 g/mol. The first-order valence-corrected chi connectivity index (χ1v) is 5.48. The van der Waals surface area contributed by atoms with Crippen LogP contribution in [0.25, 0.3) is 5.82 Å². The molecule has 6 heteroatoms. The van der Waals surface area contributed by atoms with Gasteiger partial charge in [-0.2, -0.15) is 5.10 Å². The molecule has 72 valence electrons. The third kappa shape index (κ3) is 2.03. The third-order valence-electron chi connectivity index (χ3n) is 1.59. The van der Waals surface area contributed by atoms with Gasteiger partial charge in [0.15, 0.2) is 5.82 Å². The largest absolute Gasteiger partial charge is 0.259 e. The maximum Gasteiger partial charge on any atom is 0.172 e. The Balaban J connectivity index is 2.41. The van der Waals surface area contributed by atoms with E-state index < -0.39 is 0 Å². The molecule has 2 heterocycles. The zero-order chi connectivity index (χ0) is 9.97. The van der Waals surface area contributed by atoms with E-state index in [1.807, 2.05) is 6.20 Å². The van der Waals surface area contributed by atoms with Gasteiger partial charge in [0.2, 0.25) is 0 Å². The molecule has 0 fully saturated rings. The zero-order valence-corrected chi connectivity index (χ0v) is 9.97. The van der Waals surface area contributed by atoms with Gasteiger partial charge in [-0.25, -0.2) is 9.67 Å². The third-order valence-corrected chi connectivity index (χ3v) is 2.43. The molecule has 0 radical (unpaired) electrons. The van der Waals surface area contributed by atoms with Gasteiger partial charge in [0.05, 0.1) is 27.5 Å². The van der Waals surface area contributed by atoms with Crippen molar-refractivity contribution in [1.29, 1.82) is 0 Å². The second-order valence-corrected chi connectivity index (χ2v) is 4.12. The average Bonchev–Trinajstić information content (AvgIpc) is 2.65. The Labute approximate surface area is 99.5 Å². The SMILES string of the molecule is ClCc1cncc(-n2cc(I)cn2)n1. The molecule has 0 saturated carbocycles. The Bertz CT molecular complexity index is 442. The fourth-order valence-corrected chi connectivity index (χ4v) is 1.51. The second kappa shape index (κ2) is 4.22. The maximum absolute atomic E-state index is 5.66. The van der Waals surface area contributed by atoms with Crippen molar-refractivity contribution in [1.82, 2.24) is 19.7 Å². The number of halogens is 2. The highest BCUT2D eigenvalue weighted by atomic mass is 127. The first-order valence-electron chi connectivity index (χ1n) is 3.87. The minimum atomic E-state index is 0.360. The smallest absolute Gasteiger partial charge is 0.172 e. The molecule has 0 spiro atoms. The molecular formula is C8H6ClIN4. The van der Waals surface area contributed by atoms with Gasteiger partial charge >= 0.3 is 0 Å². The van der Waals surface area contributed by atoms with Crippen LogP contribution in [0.1, 0.15) is 5.69 Å². The number of hydrogen-bond acceptors (Lipinski definition) is 3. The van der Waals surface area contributed by atoms with Crippen molar-refractivity contribution < 1.29 is 0 Å². The standard InChI is InChI=1S/C8H6ClIN4/c9-1-7-3-11-4-8(13-7)14-5-6(10)2-12-14/h2-5H,1H2. The highest BCUT2D eigenvalue weighted by molar-refractivity contribution is 14.1. The molecule has 0 aromatic carbocycles. The van der Waals surface area contributed by atoms with Crippen molar-refractivity contribution in [2.24, 2.45) is 0 Å². The lowest BCUT2D eigenvalue weighted by atomic mass is 10.5. The molecule has 0 aliphatic rings. The predicted octanol–water partition coefficient (Wildman–Crippen LogP) is 2.01. The predicted molar refractivity (Wildman–Crippen MR) is 61.4 cm³/mol. The number of alkyl halides is 1. The van der Waals surface area contributed by atoms with E-state index in [0.29, 0.717) is 11.7 Å². The molecule has 0 saturated heterocycles. The van der Waals surface area contributed by atoms with Gasteiger partial charge in [0, 0.05) is 12.4 Å². The molecule has 14 heavy (non-hydrogen) atoms. The van der Waals surface area contributed by atoms with Crippen molar-refractivity contribution in [3.05, 3.63) is 34.1 Å². The summed E-state index contributed by atoms with van der Waals surface area (Å²) >= 11 is 7.85. The van der Waals surface area contributed by atoms with E-state index in [1.165, 1.54) is 0 Å². The molecule has 2 aromatic heterocycles. The summed E-state index contributed by atoms with van der Waals surface area (Å²) in [6, 6.07) is 0. The van der Waals surface area contributed by atoms with E-state index in [2.05, 4.69) is 37.7 Å². The van der Waals surface area contributed by atoms with E-state index in [1.54, 1.807) is 23.3 Å². The molecule has 4 nitrogen and oxygen atoms in total. The molecule has 0 amide bonds. The Morgan fingerprint density at radius 1 is 1.36 bits per heavy atom. The minimum absolute atomic E-state index is 0.360. The van der Waals surface area contributed by atoms with Crippen LogP contribution in [0, 0.1) is 3.57 Å². The molecule has 0 aliphatic carbocycles. The van der Waals surface area contributed by atoms with E-state index in [9.17, 15) is 0 Å². The normalized spacial score (nSPS) is 10.4. The molecule has 2 aromatic rings. The van der Waals surface area contributed by atoms with Crippen LogP contribution >= 0.6 is 34.2 Å². The van der Waals surface area contributed by atoms with Gasteiger partial charge in [-0.15, -0.1) is 11.6 Å². The fourth-order valence-electron chi connectivity index (χ4n) is 0.996. The monoisotopic (exact) mass is 320 g/mol. The fraction of sp³-hybridized carbons (Fsp3) is 0.125. The summed E-state index contributed by atoms with van der Waals surface area (Å²) in [5.41, 5.74) is 0.745. The number of rotatable bonds is 2. The van der Waals surface area contributed by atoms with E-state index in [0.717, 1.165) is 9.26 Å². The molecule has 0 unspecified atom stereocenters. The Morgan fingerprint density at radius 3 is 2.86 bits per heavy atom. The van der Waals surface area contributed by atoms with Gasteiger partial charge < -0.3 is 0 Å². The van der Waals surface area contributed by atoms with Gasteiger partial charge in [-0.3, -0.25) is 4.98 Å². The first kappa shape index (κ1) is 9.85. The Morgan fingerprint density at radius 2 is 2.21 bits per heavy atom. The molecule has 0 aliphatic heterocycles. The van der Waals surface area contributed by atoms with Crippen LogP contribution in [-0.4, -0.2) is 19.7 Å². The van der Waals surface area contributed by atoms with Gasteiger partial charge in [0.1, 0.15) is 0 Å². The lowest BCUT2D eigenvalue weighted by Crippen LogP contribution is -2.00. The molecule has 0 atom stereocenters. The minimum Gasteiger partial charge on any atom is -0.259 e. The van der Waals surface area contributed by atoms with Crippen molar-refractivity contribution in [2.45, 2.75) is 5.88 Å². The van der Waals surface area contributed by atoms with Gasteiger partial charge in [-0.05, 0) is 22.6 Å². The van der Waals surface area contributed by atoms with Crippen LogP contribution in [-0.2, 0) is 5.88 Å². The van der Waals surface area contributed by atoms with Gasteiger partial charge in [-0.1, -0.05) is 0 Å². The summed E-state index contributed by atoms with van der Waals surface area (Å²) in [5.74, 6) is 1.05. The quantitative estimate of drug-likeness (QED) is 0.628. The average molecular weight is 321 g/mol. The molecule has 0 bridgehead atoms. The summed E-state index contributed by atoms with van der Waals surface area (Å²) < 4.78 is 2.73. The van der Waals surface area contributed by atoms with E-state index in [4.69, 9.17) is 11.6 Å². The van der Waals surface area contributed by atoms with Gasteiger partial charge in [0.25, 0.3) is 0 Å². The number of nitrogens with zero attached hydrogens (tertiary/aromatic N) is 4. The van der Waals surface area contributed by atoms with Crippen LogP contribution in [0.15, 0.2) is 24.8 Å². The van der Waals surface area contributed by atoms with Crippen molar-refractivity contribution in [2.75, 3.05) is 0 Å². The van der Waals surface area contributed by atoms with Crippen LogP contribution in [0.5, 0.6) is 0 Å². The number of hydrogen-bond donors (Lipinski definition) is 0. The van der Waals surface area contributed by atoms with Crippen LogP contribution in [0.3, 0.4) is 0 Å². The highest BCUT2D eigenvalue weighted by Crippen LogP contribution is 2.07.